The van der Waals surface area contributed by atoms with Crippen molar-refractivity contribution in [2.45, 2.75) is 32.0 Å². The van der Waals surface area contributed by atoms with E-state index in [0.717, 1.165) is 5.56 Å². The van der Waals surface area contributed by atoms with Crippen molar-refractivity contribution in [3.8, 4) is 11.5 Å². The van der Waals surface area contributed by atoms with Gasteiger partial charge in [0.1, 0.15) is 0 Å². The number of nitrogens with one attached hydrogen (secondary N) is 1. The van der Waals surface area contributed by atoms with E-state index in [2.05, 4.69) is 34.3 Å². The molecular weight excluding hydrogens is 288 g/mol. The van der Waals surface area contributed by atoms with Gasteiger partial charge in [0.05, 0.1) is 11.3 Å². The Bertz CT molecular complexity index is 586. The fourth-order valence-electron chi connectivity index (χ4n) is 1.46. The third kappa shape index (κ3) is 4.56. The fraction of sp³-hybridized carbons (Fsp3) is 0.429. The van der Waals surface area contributed by atoms with Crippen LogP contribution in [0.4, 0.5) is 0 Å². The molecule has 2 rings (SSSR count). The van der Waals surface area contributed by atoms with E-state index in [0.29, 0.717) is 17.0 Å². The number of nitrogens with zero attached hydrogens (tertiary/aromatic N) is 3. The van der Waals surface area contributed by atoms with Crippen molar-refractivity contribution in [2.75, 3.05) is 5.75 Å². The number of aromatic nitrogens is 3. The minimum Gasteiger partial charge on any atom is -0.411 e. The number of rotatable bonds is 6. The largest absolute Gasteiger partial charge is 0.411 e. The molecule has 112 valence electrons. The minimum absolute atomic E-state index is 0.0395. The number of amides is 1. The van der Waals surface area contributed by atoms with Gasteiger partial charge in [0.25, 0.3) is 5.22 Å². The van der Waals surface area contributed by atoms with Gasteiger partial charge in [0.15, 0.2) is 0 Å². The molecule has 1 N–H and O–H groups in total. The van der Waals surface area contributed by atoms with Crippen molar-refractivity contribution >= 4 is 17.7 Å². The predicted octanol–water partition coefficient (Wildman–Crippen LogP) is 2.38. The van der Waals surface area contributed by atoms with Crippen LogP contribution in [0.3, 0.4) is 0 Å². The van der Waals surface area contributed by atoms with Gasteiger partial charge in [-0.15, -0.1) is 10.2 Å². The highest BCUT2D eigenvalue weighted by Gasteiger charge is 2.14. The van der Waals surface area contributed by atoms with Gasteiger partial charge in [-0.2, -0.15) is 0 Å². The number of thioether (sulfide) groups is 1. The lowest BCUT2D eigenvalue weighted by Gasteiger charge is -2.16. The van der Waals surface area contributed by atoms with Crippen LogP contribution in [-0.4, -0.2) is 32.9 Å². The van der Waals surface area contributed by atoms with E-state index in [-0.39, 0.29) is 17.7 Å². The molecule has 2 heterocycles. The normalized spacial score (nSPS) is 12.4. The molecule has 2 aromatic heterocycles. The smallest absolute Gasteiger partial charge is 0.277 e. The van der Waals surface area contributed by atoms with Crippen molar-refractivity contribution in [1.82, 2.24) is 20.5 Å². The third-order valence-electron chi connectivity index (χ3n) is 3.03. The zero-order chi connectivity index (χ0) is 15.2. The predicted molar refractivity (Wildman–Crippen MR) is 80.7 cm³/mol. The van der Waals surface area contributed by atoms with E-state index in [1.54, 1.807) is 18.5 Å². The van der Waals surface area contributed by atoms with Crippen molar-refractivity contribution in [1.29, 1.82) is 0 Å². The highest BCUT2D eigenvalue weighted by molar-refractivity contribution is 7.99. The van der Waals surface area contributed by atoms with Crippen LogP contribution >= 0.6 is 11.8 Å². The lowest BCUT2D eigenvalue weighted by atomic mass is 10.1. The summed E-state index contributed by atoms with van der Waals surface area (Å²) in [5.74, 6) is 1.02. The second kappa shape index (κ2) is 7.21. The number of hydrogen-bond acceptors (Lipinski definition) is 6. The molecule has 1 atom stereocenters. The fourth-order valence-corrected chi connectivity index (χ4v) is 2.04. The van der Waals surface area contributed by atoms with Crippen LogP contribution in [0.2, 0.25) is 0 Å². The number of carbonyl (C=O) groups is 1. The average Bonchev–Trinajstić information content (AvgIpc) is 2.95. The van der Waals surface area contributed by atoms with Gasteiger partial charge in [-0.1, -0.05) is 25.6 Å². The molecule has 6 nitrogen and oxygen atoms in total. The van der Waals surface area contributed by atoms with E-state index < -0.39 is 0 Å². The van der Waals surface area contributed by atoms with Crippen molar-refractivity contribution < 1.29 is 9.21 Å². The Morgan fingerprint density at radius 2 is 2.19 bits per heavy atom. The van der Waals surface area contributed by atoms with Crippen molar-refractivity contribution in [3.63, 3.8) is 0 Å². The van der Waals surface area contributed by atoms with E-state index in [4.69, 9.17) is 4.42 Å². The van der Waals surface area contributed by atoms with Gasteiger partial charge < -0.3 is 9.73 Å². The Labute approximate surface area is 127 Å². The van der Waals surface area contributed by atoms with Gasteiger partial charge in [-0.25, -0.2) is 0 Å². The summed E-state index contributed by atoms with van der Waals surface area (Å²) in [4.78, 5) is 15.8. The summed E-state index contributed by atoms with van der Waals surface area (Å²) >= 11 is 1.23. The van der Waals surface area contributed by atoms with E-state index in [1.165, 1.54) is 11.8 Å². The van der Waals surface area contributed by atoms with Gasteiger partial charge in [0, 0.05) is 18.4 Å². The molecule has 0 unspecified atom stereocenters. The van der Waals surface area contributed by atoms with Gasteiger partial charge in [-0.05, 0) is 25.0 Å². The van der Waals surface area contributed by atoms with Crippen molar-refractivity contribution in [3.05, 3.63) is 24.5 Å². The topological polar surface area (TPSA) is 80.9 Å². The monoisotopic (exact) mass is 306 g/mol. The standard InChI is InChI=1S/C14H18N4O2S/c1-9(2)10(3)16-12(19)8-21-14-18-17-13(20-14)11-5-4-6-15-7-11/h4-7,9-10H,8H2,1-3H3,(H,16,19)/t10-/m1/s1. The van der Waals surface area contributed by atoms with Crippen LogP contribution in [0.5, 0.6) is 0 Å². The Morgan fingerprint density at radius 3 is 2.86 bits per heavy atom. The molecule has 0 radical (unpaired) electrons. The summed E-state index contributed by atoms with van der Waals surface area (Å²) in [6, 6.07) is 3.78. The van der Waals surface area contributed by atoms with Crippen LogP contribution in [-0.2, 0) is 4.79 Å². The first kappa shape index (κ1) is 15.5. The average molecular weight is 306 g/mol. The molecule has 0 aliphatic rings. The molecule has 2 aromatic rings. The quantitative estimate of drug-likeness (QED) is 0.825. The van der Waals surface area contributed by atoms with Gasteiger partial charge in [-0.3, -0.25) is 9.78 Å². The maximum atomic E-state index is 11.8. The SMILES string of the molecule is CC(C)[C@@H](C)NC(=O)CSc1nnc(-c2cccnc2)o1. The molecule has 0 saturated carbocycles. The molecule has 21 heavy (non-hydrogen) atoms. The Balaban J connectivity index is 1.87. The van der Waals surface area contributed by atoms with Crippen molar-refractivity contribution in [2.24, 2.45) is 5.92 Å². The maximum Gasteiger partial charge on any atom is 0.277 e. The Kier molecular flexibility index (Phi) is 5.32. The Hall–Kier alpha value is -1.89. The summed E-state index contributed by atoms with van der Waals surface area (Å²) in [6.45, 7) is 6.12. The van der Waals surface area contributed by atoms with E-state index in [1.807, 2.05) is 13.0 Å². The number of hydrogen-bond donors (Lipinski definition) is 1. The molecule has 0 aromatic carbocycles. The first-order valence-corrected chi connectivity index (χ1v) is 7.71. The molecule has 0 saturated heterocycles. The Morgan fingerprint density at radius 1 is 1.38 bits per heavy atom. The molecule has 0 aliphatic heterocycles. The van der Waals surface area contributed by atoms with Gasteiger partial charge >= 0.3 is 0 Å². The molecule has 7 heteroatoms. The second-order valence-electron chi connectivity index (χ2n) is 5.00. The minimum atomic E-state index is -0.0395. The first-order valence-electron chi connectivity index (χ1n) is 6.72. The summed E-state index contributed by atoms with van der Waals surface area (Å²) in [7, 11) is 0. The lowest BCUT2D eigenvalue weighted by molar-refractivity contribution is -0.119. The molecule has 1 amide bonds. The first-order chi connectivity index (χ1) is 10.1. The summed E-state index contributed by atoms with van der Waals surface area (Å²) in [5, 5.41) is 11.2. The van der Waals surface area contributed by atoms with Crippen LogP contribution in [0.1, 0.15) is 20.8 Å². The number of pyridine rings is 1. The summed E-state index contributed by atoms with van der Waals surface area (Å²) in [6.07, 6.45) is 3.33. The molecular formula is C14H18N4O2S. The zero-order valence-corrected chi connectivity index (χ0v) is 13.1. The summed E-state index contributed by atoms with van der Waals surface area (Å²) in [5.41, 5.74) is 0.759. The van der Waals surface area contributed by atoms with Crippen LogP contribution < -0.4 is 5.32 Å². The molecule has 0 aliphatic carbocycles. The highest BCUT2D eigenvalue weighted by atomic mass is 32.2. The lowest BCUT2D eigenvalue weighted by Crippen LogP contribution is -2.37. The maximum absolute atomic E-state index is 11.8. The van der Waals surface area contributed by atoms with E-state index in [9.17, 15) is 4.79 Å². The van der Waals surface area contributed by atoms with Crippen LogP contribution in [0.25, 0.3) is 11.5 Å². The number of carbonyl (C=O) groups excluding carboxylic acids is 1. The van der Waals surface area contributed by atoms with Crippen LogP contribution in [0.15, 0.2) is 34.2 Å². The molecule has 0 bridgehead atoms. The van der Waals surface area contributed by atoms with Crippen LogP contribution in [0, 0.1) is 5.92 Å². The third-order valence-corrected chi connectivity index (χ3v) is 3.85. The highest BCUT2D eigenvalue weighted by Crippen LogP contribution is 2.22. The van der Waals surface area contributed by atoms with E-state index >= 15 is 0 Å². The zero-order valence-electron chi connectivity index (χ0n) is 12.2. The second-order valence-corrected chi connectivity index (χ2v) is 5.93. The summed E-state index contributed by atoms with van der Waals surface area (Å²) < 4.78 is 5.49. The van der Waals surface area contributed by atoms with Gasteiger partial charge in [0.2, 0.25) is 11.8 Å². The molecule has 0 spiro atoms. The molecule has 0 fully saturated rings.